The summed E-state index contributed by atoms with van der Waals surface area (Å²) >= 11 is 1.49. The van der Waals surface area contributed by atoms with E-state index in [0.717, 1.165) is 27.0 Å². The molecule has 0 aliphatic rings. The number of carbonyl (C=O) groups is 1. The molecule has 0 unspecified atom stereocenters. The summed E-state index contributed by atoms with van der Waals surface area (Å²) < 4.78 is 27.5. The van der Waals surface area contributed by atoms with Crippen LogP contribution in [0.4, 0.5) is 5.82 Å². The van der Waals surface area contributed by atoms with Crippen molar-refractivity contribution in [3.8, 4) is 5.13 Å². The summed E-state index contributed by atoms with van der Waals surface area (Å²) in [6.45, 7) is 5.89. The first-order valence-electron chi connectivity index (χ1n) is 9.75. The monoisotopic (exact) mass is 454 g/mol. The second-order valence-corrected chi connectivity index (χ2v) is 10.6. The molecule has 0 aliphatic carbocycles. The quantitative estimate of drug-likeness (QED) is 0.471. The van der Waals surface area contributed by atoms with Gasteiger partial charge in [0.15, 0.2) is 9.84 Å². The zero-order valence-corrected chi connectivity index (χ0v) is 19.0. The Balaban J connectivity index is 1.54. The number of thiazole rings is 1. The molecule has 0 radical (unpaired) electrons. The molecule has 0 spiro atoms. The number of aryl methyl sites for hydroxylation is 3. The molecule has 2 heterocycles. The highest BCUT2D eigenvalue weighted by molar-refractivity contribution is 7.91. The number of carbonyl (C=O) groups excluding carboxylic acids is 1. The summed E-state index contributed by atoms with van der Waals surface area (Å²) in [5, 5.41) is 7.90. The van der Waals surface area contributed by atoms with E-state index in [1.807, 2.05) is 20.8 Å². The van der Waals surface area contributed by atoms with Crippen LogP contribution in [0, 0.1) is 20.8 Å². The van der Waals surface area contributed by atoms with Crippen LogP contribution in [0.3, 0.4) is 0 Å². The van der Waals surface area contributed by atoms with Crippen molar-refractivity contribution < 1.29 is 13.2 Å². The lowest BCUT2D eigenvalue weighted by Crippen LogP contribution is -2.19. The molecule has 1 N–H and O–H groups in total. The van der Waals surface area contributed by atoms with Gasteiger partial charge in [-0.2, -0.15) is 9.78 Å². The number of aromatic nitrogens is 3. The van der Waals surface area contributed by atoms with Crippen LogP contribution in [0.15, 0.2) is 53.4 Å². The lowest BCUT2D eigenvalue weighted by atomic mass is 10.1. The highest BCUT2D eigenvalue weighted by atomic mass is 32.2. The normalized spacial score (nSPS) is 11.7. The predicted molar refractivity (Wildman–Crippen MR) is 123 cm³/mol. The van der Waals surface area contributed by atoms with Crippen LogP contribution in [0.25, 0.3) is 15.3 Å². The Hall–Kier alpha value is -3.04. The van der Waals surface area contributed by atoms with Crippen molar-refractivity contribution >= 4 is 43.1 Å². The van der Waals surface area contributed by atoms with E-state index in [2.05, 4.69) is 22.5 Å². The van der Waals surface area contributed by atoms with Gasteiger partial charge in [-0.3, -0.25) is 4.79 Å². The van der Waals surface area contributed by atoms with E-state index in [9.17, 15) is 13.2 Å². The minimum Gasteiger partial charge on any atom is -0.310 e. The number of rotatable bonds is 6. The van der Waals surface area contributed by atoms with Crippen LogP contribution in [0.2, 0.25) is 0 Å². The number of nitrogens with zero attached hydrogens (tertiary/aromatic N) is 3. The zero-order chi connectivity index (χ0) is 22.2. The molecule has 160 valence electrons. The number of amides is 1. The fourth-order valence-corrected chi connectivity index (χ4v) is 5.73. The molecule has 0 atom stereocenters. The third-order valence-electron chi connectivity index (χ3n) is 4.80. The van der Waals surface area contributed by atoms with E-state index in [1.54, 1.807) is 28.9 Å². The first kappa shape index (κ1) is 21.2. The Kier molecular flexibility index (Phi) is 5.63. The van der Waals surface area contributed by atoms with E-state index < -0.39 is 15.7 Å². The fraction of sp³-hybridized carbons (Fsp3) is 0.227. The summed E-state index contributed by atoms with van der Waals surface area (Å²) in [5.41, 5.74) is 3.87. The summed E-state index contributed by atoms with van der Waals surface area (Å²) in [4.78, 5) is 17.4. The Bertz CT molecular complexity index is 1370. The Morgan fingerprint density at radius 1 is 1.10 bits per heavy atom. The highest BCUT2D eigenvalue weighted by Gasteiger charge is 2.19. The molecule has 7 nitrogen and oxygen atoms in total. The van der Waals surface area contributed by atoms with Crippen LogP contribution in [0.1, 0.15) is 23.2 Å². The topological polar surface area (TPSA) is 93.9 Å². The van der Waals surface area contributed by atoms with E-state index in [4.69, 9.17) is 4.98 Å². The second-order valence-electron chi connectivity index (χ2n) is 7.44. The molecular formula is C22H22N4O3S2. The maximum atomic E-state index is 12.5. The van der Waals surface area contributed by atoms with Gasteiger partial charge in [0, 0.05) is 12.5 Å². The van der Waals surface area contributed by atoms with Gasteiger partial charge in [-0.25, -0.2) is 13.4 Å². The van der Waals surface area contributed by atoms with Gasteiger partial charge in [-0.05, 0) is 50.1 Å². The molecule has 2 aromatic carbocycles. The van der Waals surface area contributed by atoms with Crippen LogP contribution >= 0.6 is 11.3 Å². The van der Waals surface area contributed by atoms with Gasteiger partial charge >= 0.3 is 0 Å². The van der Waals surface area contributed by atoms with Crippen LogP contribution < -0.4 is 5.32 Å². The van der Waals surface area contributed by atoms with Gasteiger partial charge in [0.25, 0.3) is 0 Å². The maximum Gasteiger partial charge on any atom is 0.226 e. The molecule has 0 bridgehead atoms. The van der Waals surface area contributed by atoms with Crippen molar-refractivity contribution in [2.75, 3.05) is 11.1 Å². The molecule has 4 aromatic rings. The van der Waals surface area contributed by atoms with Crippen molar-refractivity contribution in [2.24, 2.45) is 0 Å². The Morgan fingerprint density at radius 2 is 1.84 bits per heavy atom. The number of benzene rings is 2. The van der Waals surface area contributed by atoms with Crippen molar-refractivity contribution in [1.29, 1.82) is 0 Å². The molecule has 0 fully saturated rings. The number of sulfone groups is 1. The smallest absolute Gasteiger partial charge is 0.226 e. The van der Waals surface area contributed by atoms with Crippen LogP contribution in [-0.4, -0.2) is 34.8 Å². The van der Waals surface area contributed by atoms with Gasteiger partial charge in [0.2, 0.25) is 11.0 Å². The average molecular weight is 455 g/mol. The Labute approximate surface area is 184 Å². The molecule has 2 aromatic heterocycles. The first-order chi connectivity index (χ1) is 14.7. The first-order valence-corrected chi connectivity index (χ1v) is 12.2. The fourth-order valence-electron chi connectivity index (χ4n) is 3.36. The molecule has 0 aliphatic heterocycles. The molecule has 1 amide bonds. The van der Waals surface area contributed by atoms with Gasteiger partial charge in [0.1, 0.15) is 5.82 Å². The maximum absolute atomic E-state index is 12.5. The third kappa shape index (κ3) is 4.52. The number of nitrogens with one attached hydrogen (secondary N) is 1. The standard InChI is InChI=1S/C22H22N4O3S2/c1-14-11-15(2)21-18(12-14)30-22(24-21)26-19(13-16(3)25-26)23-20(27)9-10-31(28,29)17-7-5-4-6-8-17/h4-8,11-13H,9-10H2,1-3H3,(H,23,27). The van der Waals surface area contributed by atoms with Crippen LogP contribution in [-0.2, 0) is 14.6 Å². The zero-order valence-electron chi connectivity index (χ0n) is 17.4. The molecule has 4 rings (SSSR count). The number of anilines is 1. The van der Waals surface area contributed by atoms with Crippen molar-refractivity contribution in [1.82, 2.24) is 14.8 Å². The predicted octanol–water partition coefficient (Wildman–Crippen LogP) is 4.21. The Morgan fingerprint density at radius 3 is 2.58 bits per heavy atom. The number of hydrogen-bond donors (Lipinski definition) is 1. The van der Waals surface area contributed by atoms with E-state index in [1.165, 1.54) is 23.5 Å². The summed E-state index contributed by atoms with van der Waals surface area (Å²) in [6, 6.07) is 14.0. The van der Waals surface area contributed by atoms with Crippen molar-refractivity contribution in [2.45, 2.75) is 32.1 Å². The lowest BCUT2D eigenvalue weighted by molar-refractivity contribution is -0.115. The largest absolute Gasteiger partial charge is 0.310 e. The van der Waals surface area contributed by atoms with Gasteiger partial charge in [-0.15, -0.1) is 0 Å². The van der Waals surface area contributed by atoms with Crippen molar-refractivity contribution in [3.63, 3.8) is 0 Å². The highest BCUT2D eigenvalue weighted by Crippen LogP contribution is 2.30. The van der Waals surface area contributed by atoms with Gasteiger partial charge in [-0.1, -0.05) is 35.6 Å². The van der Waals surface area contributed by atoms with E-state index in [0.29, 0.717) is 10.9 Å². The molecule has 9 heteroatoms. The van der Waals surface area contributed by atoms with E-state index >= 15 is 0 Å². The number of fused-ring (bicyclic) bond motifs is 1. The second kappa shape index (κ2) is 8.24. The minimum atomic E-state index is -3.52. The summed E-state index contributed by atoms with van der Waals surface area (Å²) in [5.74, 6) is -0.197. The van der Waals surface area contributed by atoms with Gasteiger partial charge in [0.05, 0.1) is 26.6 Å². The molecular weight excluding hydrogens is 432 g/mol. The van der Waals surface area contributed by atoms with E-state index in [-0.39, 0.29) is 17.1 Å². The van der Waals surface area contributed by atoms with Crippen LogP contribution in [0.5, 0.6) is 0 Å². The SMILES string of the molecule is Cc1cc(C)c2nc(-n3nc(C)cc3NC(=O)CCS(=O)(=O)c3ccccc3)sc2c1. The summed E-state index contributed by atoms with van der Waals surface area (Å²) in [6.07, 6.45) is -0.153. The minimum absolute atomic E-state index is 0.153. The molecule has 0 saturated heterocycles. The summed E-state index contributed by atoms with van der Waals surface area (Å²) in [7, 11) is -3.52. The molecule has 0 saturated carbocycles. The lowest BCUT2D eigenvalue weighted by Gasteiger charge is -2.07. The van der Waals surface area contributed by atoms with Crippen molar-refractivity contribution in [3.05, 3.63) is 65.4 Å². The number of hydrogen-bond acceptors (Lipinski definition) is 6. The molecule has 31 heavy (non-hydrogen) atoms. The average Bonchev–Trinajstić information content (AvgIpc) is 3.30. The van der Waals surface area contributed by atoms with Gasteiger partial charge < -0.3 is 5.32 Å². The third-order valence-corrected chi connectivity index (χ3v) is 7.51.